The Morgan fingerprint density at radius 3 is 1.72 bits per heavy atom. The maximum atomic E-state index is 13.6. The molecule has 2 fully saturated rings. The second-order valence-electron chi connectivity index (χ2n) is 16.6. The second-order valence-corrected chi connectivity index (χ2v) is 17.3. The Kier molecular flexibility index (Phi) is 25.0. The molecule has 0 bridgehead atoms. The van der Waals surface area contributed by atoms with Gasteiger partial charge in [0.1, 0.15) is 54.4 Å². The first kappa shape index (κ1) is 58.8. The normalized spacial score (nSPS) is 19.6. The predicted molar refractivity (Wildman–Crippen MR) is 248 cm³/mol. The van der Waals surface area contributed by atoms with Gasteiger partial charge in [-0.25, -0.2) is 4.79 Å². The number of aliphatic hydroxyl groups excluding tert-OH is 2. The van der Waals surface area contributed by atoms with Crippen LogP contribution in [0.5, 0.6) is 0 Å². The third-order valence-electron chi connectivity index (χ3n) is 11.2. The summed E-state index contributed by atoms with van der Waals surface area (Å²) in [5.74, 6) is -10.1. The van der Waals surface area contributed by atoms with Gasteiger partial charge in [-0.2, -0.15) is 25.3 Å². The Morgan fingerprint density at radius 1 is 0.647 bits per heavy atom. The smallest absolute Gasteiger partial charge is 0.326 e. The van der Waals surface area contributed by atoms with E-state index < -0.39 is 145 Å². The zero-order valence-electron chi connectivity index (χ0n) is 38.3. The van der Waals surface area contributed by atoms with Gasteiger partial charge in [0, 0.05) is 31.0 Å². The summed E-state index contributed by atoms with van der Waals surface area (Å²) in [6, 6.07) is -11.8. The molecule has 0 unspecified atom stereocenters. The number of carbonyl (C=O) groups is 11. The molecule has 0 aromatic heterocycles. The number of nitrogens with one attached hydrogen (secondary N) is 7. The average Bonchev–Trinajstić information content (AvgIpc) is 3.99. The average molecular weight is 1010 g/mol. The van der Waals surface area contributed by atoms with E-state index >= 15 is 0 Å². The highest BCUT2D eigenvalue weighted by molar-refractivity contribution is 7.80. The van der Waals surface area contributed by atoms with E-state index in [0.717, 1.165) is 0 Å². The van der Waals surface area contributed by atoms with Crippen molar-refractivity contribution in [3.8, 4) is 0 Å². The molecule has 2 heterocycles. The number of hydrogen-bond acceptors (Lipinski definition) is 17. The van der Waals surface area contributed by atoms with Crippen LogP contribution < -0.4 is 54.4 Å². The Morgan fingerprint density at radius 2 is 1.18 bits per heavy atom. The van der Waals surface area contributed by atoms with E-state index in [2.05, 4.69) is 62.5 Å². The zero-order chi connectivity index (χ0) is 51.4. The molecule has 0 radical (unpaired) electrons. The number of primary amides is 1. The van der Waals surface area contributed by atoms with Crippen LogP contribution in [0.4, 0.5) is 0 Å². The molecule has 2 rings (SSSR count). The van der Waals surface area contributed by atoms with E-state index in [4.69, 9.17) is 17.2 Å². The van der Waals surface area contributed by atoms with Crippen LogP contribution in [0.25, 0.3) is 0 Å². The summed E-state index contributed by atoms with van der Waals surface area (Å²) in [7, 11) is 0. The standard InChI is InChI=1S/C40H68N12O14S2/c1-19(45-33(58)23(11-12-28(42)55)47-34(59)22(8-4-5-13-41)46-35(60)24(17-67)48-36(61)30(43)20(2)53)32(57)44-16-29(56)50-31(21(3)54)37(62)49-25(18-68)38(63)51-14-6-9-26(51)39(64)52-15-7-10-27(52)40(65)66/h19-27,30-31,53-54,67-68H,4-18,41,43H2,1-3H3,(H2,42,55)(H,44,57)(H,45,58)(H,46,60)(H,47,59)(H,48,61)(H,49,62)(H,50,56)(H,65,66)/t19-,20+,21+,22-,23-,24-,25-,26-,27-,30-,31-/m0/s1. The van der Waals surface area contributed by atoms with E-state index in [9.17, 15) is 68.1 Å². The number of nitrogens with two attached hydrogens (primary N) is 3. The lowest BCUT2D eigenvalue weighted by Crippen LogP contribution is -2.60. The molecule has 2 aliphatic rings. The molecule has 0 aromatic carbocycles. The van der Waals surface area contributed by atoms with Gasteiger partial charge in [0.05, 0.1) is 18.8 Å². The van der Waals surface area contributed by atoms with Gasteiger partial charge in [-0.1, -0.05) is 0 Å². The topological polar surface area (TPSA) is 417 Å². The summed E-state index contributed by atoms with van der Waals surface area (Å²) < 4.78 is 0. The molecule has 0 spiro atoms. The number of aliphatic hydroxyl groups is 2. The van der Waals surface area contributed by atoms with Crippen molar-refractivity contribution in [1.29, 1.82) is 0 Å². The number of nitrogens with zero attached hydrogens (tertiary/aromatic N) is 2. The van der Waals surface area contributed by atoms with Crippen molar-refractivity contribution in [3.05, 3.63) is 0 Å². The van der Waals surface area contributed by atoms with Crippen molar-refractivity contribution < 1.29 is 68.1 Å². The number of aliphatic carboxylic acids is 1. The number of thiol groups is 2. The van der Waals surface area contributed by atoms with Crippen LogP contribution in [-0.2, 0) is 52.7 Å². The van der Waals surface area contributed by atoms with Crippen LogP contribution in [0.3, 0.4) is 0 Å². The van der Waals surface area contributed by atoms with Crippen molar-refractivity contribution in [3.63, 3.8) is 0 Å². The number of unbranched alkanes of at least 4 members (excludes halogenated alkanes) is 1. The molecule has 68 heavy (non-hydrogen) atoms. The summed E-state index contributed by atoms with van der Waals surface area (Å²) in [5.41, 5.74) is 16.6. The summed E-state index contributed by atoms with van der Waals surface area (Å²) in [5, 5.41) is 46.3. The van der Waals surface area contributed by atoms with Gasteiger partial charge in [-0.15, -0.1) is 0 Å². The van der Waals surface area contributed by atoms with Gasteiger partial charge in [-0.3, -0.25) is 47.9 Å². The third kappa shape index (κ3) is 18.0. The van der Waals surface area contributed by atoms with Gasteiger partial charge in [0.15, 0.2) is 0 Å². The maximum Gasteiger partial charge on any atom is 0.326 e. The van der Waals surface area contributed by atoms with Crippen LogP contribution in [-0.4, -0.2) is 194 Å². The molecule has 0 aliphatic carbocycles. The number of amides is 10. The van der Waals surface area contributed by atoms with E-state index in [1.807, 2.05) is 0 Å². The number of rotatable bonds is 28. The monoisotopic (exact) mass is 1000 g/mol. The molecule has 11 atom stereocenters. The fourth-order valence-corrected chi connectivity index (χ4v) is 7.79. The fourth-order valence-electron chi connectivity index (χ4n) is 7.29. The van der Waals surface area contributed by atoms with E-state index in [1.165, 1.54) is 30.6 Å². The first-order valence-corrected chi connectivity index (χ1v) is 23.5. The lowest BCUT2D eigenvalue weighted by molar-refractivity contribution is -0.152. The quantitative estimate of drug-likeness (QED) is 0.0256. The van der Waals surface area contributed by atoms with Crippen molar-refractivity contribution in [2.45, 2.75) is 145 Å². The zero-order valence-corrected chi connectivity index (χ0v) is 40.1. The summed E-state index contributed by atoms with van der Waals surface area (Å²) >= 11 is 8.28. The summed E-state index contributed by atoms with van der Waals surface area (Å²) in [6.07, 6.45) is -1.23. The van der Waals surface area contributed by atoms with Crippen molar-refractivity contribution in [1.82, 2.24) is 47.0 Å². The van der Waals surface area contributed by atoms with Gasteiger partial charge >= 0.3 is 5.97 Å². The lowest BCUT2D eigenvalue weighted by Gasteiger charge is -2.32. The Hall–Kier alpha value is -5.29. The Balaban J connectivity index is 2.07. The Bertz CT molecular complexity index is 1830. The highest BCUT2D eigenvalue weighted by atomic mass is 32.1. The molecular formula is C40H68N12O14S2. The van der Waals surface area contributed by atoms with E-state index in [1.54, 1.807) is 0 Å². The molecule has 16 N–H and O–H groups in total. The van der Waals surface area contributed by atoms with Crippen LogP contribution in [0, 0.1) is 0 Å². The molecule has 26 nitrogen and oxygen atoms in total. The number of carboxylic acid groups (broad SMARTS) is 1. The third-order valence-corrected chi connectivity index (χ3v) is 12.0. The fraction of sp³-hybridized carbons (Fsp3) is 0.725. The van der Waals surface area contributed by atoms with E-state index in [0.29, 0.717) is 25.7 Å². The van der Waals surface area contributed by atoms with Crippen molar-refractivity contribution in [2.75, 3.05) is 37.7 Å². The van der Waals surface area contributed by atoms with Crippen LogP contribution >= 0.6 is 25.3 Å². The molecular weight excluding hydrogens is 937 g/mol. The minimum atomic E-state index is -1.65. The second kappa shape index (κ2) is 28.9. The van der Waals surface area contributed by atoms with Gasteiger partial charge < -0.3 is 79.5 Å². The number of carboxylic acids is 1. The predicted octanol–water partition coefficient (Wildman–Crippen LogP) is -6.56. The van der Waals surface area contributed by atoms with Crippen LogP contribution in [0.1, 0.15) is 78.6 Å². The highest BCUT2D eigenvalue weighted by Crippen LogP contribution is 2.26. The number of likely N-dealkylation sites (tertiary alicyclic amines) is 2. The minimum absolute atomic E-state index is 0.0176. The van der Waals surface area contributed by atoms with E-state index in [-0.39, 0.29) is 56.8 Å². The van der Waals surface area contributed by atoms with Crippen molar-refractivity contribution in [2.24, 2.45) is 17.2 Å². The largest absolute Gasteiger partial charge is 0.480 e. The Labute approximate surface area is 404 Å². The number of carbonyl (C=O) groups excluding carboxylic acids is 10. The molecule has 0 aromatic rings. The molecule has 2 saturated heterocycles. The SMILES string of the molecule is C[C@H](NC(=O)[C@H](CCC(N)=O)NC(=O)[C@H](CCCCN)NC(=O)[C@H](CS)NC(=O)[C@@H](N)[C@@H](C)O)C(=O)NCC(=O)N[C@H](C(=O)N[C@@H](CS)C(=O)N1CCC[C@H]1C(=O)N1CCC[C@H]1C(=O)O)[C@@H](C)O. The lowest BCUT2D eigenvalue weighted by atomic mass is 10.1. The van der Waals surface area contributed by atoms with Gasteiger partial charge in [0.25, 0.3) is 0 Å². The molecule has 2 aliphatic heterocycles. The van der Waals surface area contributed by atoms with Gasteiger partial charge in [0.2, 0.25) is 59.1 Å². The molecule has 10 amide bonds. The molecule has 28 heteroatoms. The molecule has 0 saturated carbocycles. The number of hydrogen-bond donors (Lipinski definition) is 15. The van der Waals surface area contributed by atoms with Crippen LogP contribution in [0.2, 0.25) is 0 Å². The summed E-state index contributed by atoms with van der Waals surface area (Å²) in [4.78, 5) is 145. The summed E-state index contributed by atoms with van der Waals surface area (Å²) in [6.45, 7) is 3.54. The highest BCUT2D eigenvalue weighted by Gasteiger charge is 2.44. The van der Waals surface area contributed by atoms with Crippen LogP contribution in [0.15, 0.2) is 0 Å². The first-order chi connectivity index (χ1) is 32.0. The maximum absolute atomic E-state index is 13.6. The van der Waals surface area contributed by atoms with Crippen molar-refractivity contribution >= 4 is 90.3 Å². The minimum Gasteiger partial charge on any atom is -0.480 e. The van der Waals surface area contributed by atoms with Gasteiger partial charge in [-0.05, 0) is 78.7 Å². The molecule has 384 valence electrons. The first-order valence-electron chi connectivity index (χ1n) is 22.2.